The second-order valence-electron chi connectivity index (χ2n) is 4.45. The number of hydrogen-bond donors (Lipinski definition) is 2. The van der Waals surface area contributed by atoms with Crippen molar-refractivity contribution in [2.75, 3.05) is 13.1 Å². The van der Waals surface area contributed by atoms with Crippen molar-refractivity contribution in [2.45, 2.75) is 32.6 Å². The third-order valence-electron chi connectivity index (χ3n) is 2.76. The molecule has 1 rings (SSSR count). The zero-order valence-corrected chi connectivity index (χ0v) is 11.4. The largest absolute Gasteiger partial charge is 0.348 e. The summed E-state index contributed by atoms with van der Waals surface area (Å²) in [5.41, 5.74) is 1.30. The topological polar surface area (TPSA) is 58.2 Å². The first-order valence-corrected chi connectivity index (χ1v) is 6.84. The SMILES string of the molecule is CCCNC(=O)C(=O)NCCCCc1ccccc1. The molecular formula is C15H22N2O2. The van der Waals surface area contributed by atoms with E-state index in [2.05, 4.69) is 22.8 Å². The lowest BCUT2D eigenvalue weighted by atomic mass is 10.1. The van der Waals surface area contributed by atoms with Crippen LogP contribution in [0.3, 0.4) is 0 Å². The van der Waals surface area contributed by atoms with Gasteiger partial charge in [-0.1, -0.05) is 37.3 Å². The molecule has 1 aromatic rings. The number of hydrogen-bond acceptors (Lipinski definition) is 2. The van der Waals surface area contributed by atoms with Gasteiger partial charge in [0, 0.05) is 13.1 Å². The third kappa shape index (κ3) is 6.60. The standard InChI is InChI=1S/C15H22N2O2/c1-2-11-16-14(18)15(19)17-12-7-6-10-13-8-4-3-5-9-13/h3-5,8-9H,2,6-7,10-12H2,1H3,(H,16,18)(H,17,19). The molecule has 19 heavy (non-hydrogen) atoms. The van der Waals surface area contributed by atoms with Crippen LogP contribution in [-0.4, -0.2) is 24.9 Å². The average Bonchev–Trinajstić information content (AvgIpc) is 2.45. The monoisotopic (exact) mass is 262 g/mol. The minimum Gasteiger partial charge on any atom is -0.348 e. The van der Waals surface area contributed by atoms with Gasteiger partial charge in [-0.05, 0) is 31.2 Å². The third-order valence-corrected chi connectivity index (χ3v) is 2.76. The van der Waals surface area contributed by atoms with Crippen molar-refractivity contribution < 1.29 is 9.59 Å². The highest BCUT2D eigenvalue weighted by Crippen LogP contribution is 2.03. The number of nitrogens with one attached hydrogen (secondary N) is 2. The van der Waals surface area contributed by atoms with E-state index in [9.17, 15) is 9.59 Å². The molecule has 0 unspecified atom stereocenters. The van der Waals surface area contributed by atoms with Crippen molar-refractivity contribution in [1.82, 2.24) is 10.6 Å². The molecular weight excluding hydrogens is 240 g/mol. The fourth-order valence-corrected chi connectivity index (χ4v) is 1.70. The van der Waals surface area contributed by atoms with Crippen molar-refractivity contribution in [1.29, 1.82) is 0 Å². The smallest absolute Gasteiger partial charge is 0.309 e. The highest BCUT2D eigenvalue weighted by atomic mass is 16.2. The molecule has 2 N–H and O–H groups in total. The van der Waals surface area contributed by atoms with Crippen molar-refractivity contribution >= 4 is 11.8 Å². The van der Waals surface area contributed by atoms with E-state index in [1.54, 1.807) is 0 Å². The van der Waals surface area contributed by atoms with Crippen LogP contribution in [0.5, 0.6) is 0 Å². The molecule has 0 fully saturated rings. The maximum atomic E-state index is 11.4. The molecule has 2 amide bonds. The summed E-state index contributed by atoms with van der Waals surface area (Å²) in [5, 5.41) is 5.17. The van der Waals surface area contributed by atoms with Gasteiger partial charge >= 0.3 is 11.8 Å². The number of amides is 2. The summed E-state index contributed by atoms with van der Waals surface area (Å²) < 4.78 is 0. The van der Waals surface area contributed by atoms with Crippen molar-refractivity contribution in [3.8, 4) is 0 Å². The van der Waals surface area contributed by atoms with E-state index in [-0.39, 0.29) is 0 Å². The molecule has 0 spiro atoms. The van der Waals surface area contributed by atoms with Gasteiger partial charge in [-0.25, -0.2) is 0 Å². The maximum Gasteiger partial charge on any atom is 0.309 e. The maximum absolute atomic E-state index is 11.4. The Morgan fingerprint density at radius 3 is 2.21 bits per heavy atom. The fourth-order valence-electron chi connectivity index (χ4n) is 1.70. The molecule has 104 valence electrons. The summed E-state index contributed by atoms with van der Waals surface area (Å²) in [6.07, 6.45) is 3.71. The first-order chi connectivity index (χ1) is 9.24. The molecule has 0 atom stereocenters. The number of aryl methyl sites for hydroxylation is 1. The number of benzene rings is 1. The summed E-state index contributed by atoms with van der Waals surface area (Å²) in [6.45, 7) is 3.03. The van der Waals surface area contributed by atoms with Gasteiger partial charge in [0.15, 0.2) is 0 Å². The minimum absolute atomic E-state index is 0.534. The van der Waals surface area contributed by atoms with Crippen molar-refractivity contribution in [2.24, 2.45) is 0 Å². The first-order valence-electron chi connectivity index (χ1n) is 6.84. The van der Waals surface area contributed by atoms with Gasteiger partial charge in [0.2, 0.25) is 0 Å². The lowest BCUT2D eigenvalue weighted by molar-refractivity contribution is -0.139. The minimum atomic E-state index is -0.537. The molecule has 0 heterocycles. The van der Waals surface area contributed by atoms with Crippen LogP contribution in [-0.2, 0) is 16.0 Å². The van der Waals surface area contributed by atoms with Crippen LogP contribution in [0.2, 0.25) is 0 Å². The average molecular weight is 262 g/mol. The Morgan fingerprint density at radius 2 is 1.58 bits per heavy atom. The van der Waals surface area contributed by atoms with Crippen molar-refractivity contribution in [3.05, 3.63) is 35.9 Å². The number of unbranched alkanes of at least 4 members (excludes halogenated alkanes) is 1. The van der Waals surface area contributed by atoms with Crippen LogP contribution in [0.4, 0.5) is 0 Å². The van der Waals surface area contributed by atoms with Gasteiger partial charge < -0.3 is 10.6 Å². The normalized spacial score (nSPS) is 9.95. The Hall–Kier alpha value is -1.84. The van der Waals surface area contributed by atoms with E-state index in [4.69, 9.17) is 0 Å². The molecule has 0 radical (unpaired) electrons. The molecule has 0 bridgehead atoms. The van der Waals surface area contributed by atoms with E-state index >= 15 is 0 Å². The molecule has 0 saturated carbocycles. The molecule has 4 nitrogen and oxygen atoms in total. The van der Waals surface area contributed by atoms with Gasteiger partial charge in [0.05, 0.1) is 0 Å². The predicted octanol–water partition coefficient (Wildman–Crippen LogP) is 1.65. The van der Waals surface area contributed by atoms with E-state index in [0.717, 1.165) is 25.7 Å². The molecule has 0 aliphatic rings. The molecule has 0 aliphatic heterocycles. The zero-order chi connectivity index (χ0) is 13.9. The van der Waals surface area contributed by atoms with Crippen molar-refractivity contribution in [3.63, 3.8) is 0 Å². The van der Waals surface area contributed by atoms with Gasteiger partial charge in [-0.2, -0.15) is 0 Å². The van der Waals surface area contributed by atoms with E-state index in [1.807, 2.05) is 25.1 Å². The summed E-state index contributed by atoms with van der Waals surface area (Å²) >= 11 is 0. The Bertz CT molecular complexity index is 390. The highest BCUT2D eigenvalue weighted by Gasteiger charge is 2.10. The van der Waals surface area contributed by atoms with E-state index in [0.29, 0.717) is 13.1 Å². The van der Waals surface area contributed by atoms with Gasteiger partial charge in [0.25, 0.3) is 0 Å². The van der Waals surface area contributed by atoms with Crippen LogP contribution >= 0.6 is 0 Å². The summed E-state index contributed by atoms with van der Waals surface area (Å²) in [4.78, 5) is 22.6. The molecule has 0 aromatic heterocycles. The molecule has 1 aromatic carbocycles. The van der Waals surface area contributed by atoms with Crippen LogP contribution in [0, 0.1) is 0 Å². The van der Waals surface area contributed by atoms with Gasteiger partial charge in [0.1, 0.15) is 0 Å². The summed E-state index contributed by atoms with van der Waals surface area (Å²) in [5.74, 6) is -1.07. The van der Waals surface area contributed by atoms with Crippen LogP contribution < -0.4 is 10.6 Å². The summed E-state index contributed by atoms with van der Waals surface area (Å²) in [6, 6.07) is 10.2. The molecule has 0 aliphatic carbocycles. The zero-order valence-electron chi connectivity index (χ0n) is 11.4. The van der Waals surface area contributed by atoms with Gasteiger partial charge in [-0.3, -0.25) is 9.59 Å². The lowest BCUT2D eigenvalue weighted by Gasteiger charge is -2.05. The molecule has 4 heteroatoms. The summed E-state index contributed by atoms with van der Waals surface area (Å²) in [7, 11) is 0. The predicted molar refractivity (Wildman–Crippen MR) is 75.7 cm³/mol. The van der Waals surface area contributed by atoms with Crippen LogP contribution in [0.25, 0.3) is 0 Å². The van der Waals surface area contributed by atoms with E-state index < -0.39 is 11.8 Å². The number of carbonyl (C=O) groups is 2. The first kappa shape index (κ1) is 15.2. The molecule has 0 saturated heterocycles. The Kier molecular flexibility index (Phi) is 7.32. The Morgan fingerprint density at radius 1 is 0.947 bits per heavy atom. The quantitative estimate of drug-likeness (QED) is 0.580. The Balaban J connectivity index is 2.07. The highest BCUT2D eigenvalue weighted by molar-refractivity contribution is 6.35. The van der Waals surface area contributed by atoms with Crippen LogP contribution in [0.1, 0.15) is 31.7 Å². The van der Waals surface area contributed by atoms with Crippen LogP contribution in [0.15, 0.2) is 30.3 Å². The lowest BCUT2D eigenvalue weighted by Crippen LogP contribution is -2.40. The second-order valence-corrected chi connectivity index (χ2v) is 4.45. The number of rotatable bonds is 7. The van der Waals surface area contributed by atoms with Gasteiger partial charge in [-0.15, -0.1) is 0 Å². The Labute approximate surface area is 114 Å². The van der Waals surface area contributed by atoms with E-state index in [1.165, 1.54) is 5.56 Å². The second kappa shape index (κ2) is 9.14. The fraction of sp³-hybridized carbons (Fsp3) is 0.467. The number of carbonyl (C=O) groups excluding carboxylic acids is 2.